The Morgan fingerprint density at radius 2 is 1.39 bits per heavy atom. The van der Waals surface area contributed by atoms with Crippen molar-refractivity contribution in [2.75, 3.05) is 5.32 Å². The molecule has 1 heterocycles. The first-order valence-corrected chi connectivity index (χ1v) is 9.68. The number of anilines is 1. The van der Waals surface area contributed by atoms with E-state index < -0.39 is 0 Å². The molecule has 28 heavy (non-hydrogen) atoms. The van der Waals surface area contributed by atoms with E-state index in [1.165, 1.54) is 0 Å². The highest BCUT2D eigenvalue weighted by atomic mass is 79.9. The molecule has 0 fully saturated rings. The molecule has 3 aromatic rings. The van der Waals surface area contributed by atoms with Crippen LogP contribution in [0.5, 0.6) is 0 Å². The highest BCUT2D eigenvalue weighted by Crippen LogP contribution is 2.28. The van der Waals surface area contributed by atoms with Crippen molar-refractivity contribution in [2.24, 2.45) is 0 Å². The normalized spacial score (nSPS) is 13.5. The number of rotatable bonds is 3. The zero-order valence-electron chi connectivity index (χ0n) is 15.5. The molecule has 1 N–H and O–H groups in total. The summed E-state index contributed by atoms with van der Waals surface area (Å²) in [4.78, 5) is 26.7. The molecule has 0 radical (unpaired) electrons. The minimum atomic E-state index is -0.195. The van der Waals surface area contributed by atoms with E-state index in [-0.39, 0.29) is 17.3 Å². The Bertz CT molecular complexity index is 1130. The number of hydrogen-bond acceptors (Lipinski definition) is 3. The molecule has 1 aliphatic rings. The van der Waals surface area contributed by atoms with Crippen molar-refractivity contribution in [3.05, 3.63) is 99.4 Å². The number of ketones is 2. The van der Waals surface area contributed by atoms with E-state index in [9.17, 15) is 9.59 Å². The molecule has 0 saturated heterocycles. The molecule has 0 unspecified atom stereocenters. The molecular formula is C23H18BrN2O2+. The summed E-state index contributed by atoms with van der Waals surface area (Å²) in [5.74, 6) is -0.371. The Balaban J connectivity index is 1.94. The lowest BCUT2D eigenvalue weighted by atomic mass is 9.90. The molecular weight excluding hydrogens is 416 g/mol. The van der Waals surface area contributed by atoms with E-state index >= 15 is 0 Å². The number of carbonyl (C=O) groups is 2. The highest BCUT2D eigenvalue weighted by molar-refractivity contribution is 9.10. The smallest absolute Gasteiger partial charge is 0.286 e. The van der Waals surface area contributed by atoms with Crippen molar-refractivity contribution in [3.8, 4) is 0 Å². The van der Waals surface area contributed by atoms with Gasteiger partial charge in [0.2, 0.25) is 5.78 Å². The summed E-state index contributed by atoms with van der Waals surface area (Å²) >= 11 is 3.41. The average Bonchev–Trinajstić information content (AvgIpc) is 2.67. The van der Waals surface area contributed by atoms with Gasteiger partial charge in [0.15, 0.2) is 18.1 Å². The molecule has 0 bridgehead atoms. The van der Waals surface area contributed by atoms with Gasteiger partial charge in [-0.1, -0.05) is 40.2 Å². The molecule has 0 atom stereocenters. The van der Waals surface area contributed by atoms with Gasteiger partial charge in [-0.2, -0.15) is 4.57 Å². The fourth-order valence-corrected chi connectivity index (χ4v) is 3.71. The summed E-state index contributed by atoms with van der Waals surface area (Å²) in [7, 11) is 0. The maximum atomic E-state index is 13.4. The second kappa shape index (κ2) is 7.17. The number of benzene rings is 2. The maximum absolute atomic E-state index is 13.4. The van der Waals surface area contributed by atoms with Crippen LogP contribution in [0, 0.1) is 13.8 Å². The van der Waals surface area contributed by atoms with Gasteiger partial charge >= 0.3 is 0 Å². The molecule has 0 spiro atoms. The quantitative estimate of drug-likeness (QED) is 0.608. The number of fused-ring (bicyclic) bond motifs is 1. The van der Waals surface area contributed by atoms with E-state index in [4.69, 9.17) is 0 Å². The van der Waals surface area contributed by atoms with Gasteiger partial charge in [0.1, 0.15) is 0 Å². The zero-order valence-corrected chi connectivity index (χ0v) is 17.1. The second-order valence-electron chi connectivity index (χ2n) is 6.86. The lowest BCUT2D eigenvalue weighted by molar-refractivity contribution is -0.578. The van der Waals surface area contributed by atoms with E-state index in [1.807, 2.05) is 56.6 Å². The van der Waals surface area contributed by atoms with Crippen LogP contribution in [-0.4, -0.2) is 11.6 Å². The largest absolute Gasteiger partial charge is 0.347 e. The number of allylic oxidation sites excluding steroid dienone is 2. The summed E-state index contributed by atoms with van der Waals surface area (Å²) in [6.07, 6.45) is 3.73. The van der Waals surface area contributed by atoms with Gasteiger partial charge in [-0.25, -0.2) is 0 Å². The third-order valence-electron chi connectivity index (χ3n) is 4.61. The van der Waals surface area contributed by atoms with Gasteiger partial charge < -0.3 is 5.32 Å². The van der Waals surface area contributed by atoms with Gasteiger partial charge in [0, 0.05) is 32.4 Å². The standard InChI is InChI=1S/C23H17BrN2O2/c1-14-11-15(2)13-26(12-14)21-20(25-17-9-7-16(24)8-10-17)22(27)18-5-3-4-6-19(18)23(21)28/h3-13H,1-2H3/p+1. The Morgan fingerprint density at radius 3 is 2.00 bits per heavy atom. The van der Waals surface area contributed by atoms with Crippen molar-refractivity contribution < 1.29 is 14.2 Å². The van der Waals surface area contributed by atoms with Gasteiger partial charge in [-0.15, -0.1) is 0 Å². The first kappa shape index (κ1) is 18.3. The fraction of sp³-hybridized carbons (Fsp3) is 0.0870. The van der Waals surface area contributed by atoms with Crippen LogP contribution in [0.4, 0.5) is 5.69 Å². The second-order valence-corrected chi connectivity index (χ2v) is 7.77. The van der Waals surface area contributed by atoms with Crippen LogP contribution >= 0.6 is 15.9 Å². The lowest BCUT2D eigenvalue weighted by Crippen LogP contribution is -2.42. The van der Waals surface area contributed by atoms with E-state index in [1.54, 1.807) is 28.8 Å². The summed E-state index contributed by atoms with van der Waals surface area (Å²) in [5, 5.41) is 3.18. The fourth-order valence-electron chi connectivity index (χ4n) is 3.44. The minimum Gasteiger partial charge on any atom is -0.347 e. The van der Waals surface area contributed by atoms with E-state index in [2.05, 4.69) is 21.2 Å². The number of carbonyl (C=O) groups excluding carboxylic acids is 2. The number of pyridine rings is 1. The molecule has 0 amide bonds. The Hall–Kier alpha value is -3.05. The predicted molar refractivity (Wildman–Crippen MR) is 112 cm³/mol. The third-order valence-corrected chi connectivity index (χ3v) is 5.14. The molecule has 0 aliphatic heterocycles. The van der Waals surface area contributed by atoms with Crippen LogP contribution in [-0.2, 0) is 0 Å². The number of hydrogen-bond donors (Lipinski definition) is 1. The summed E-state index contributed by atoms with van der Waals surface area (Å²) in [6.45, 7) is 3.93. The summed E-state index contributed by atoms with van der Waals surface area (Å²) in [6, 6.07) is 16.5. The Labute approximate surface area is 171 Å². The lowest BCUT2D eigenvalue weighted by Gasteiger charge is -2.18. The predicted octanol–water partition coefficient (Wildman–Crippen LogP) is 4.71. The maximum Gasteiger partial charge on any atom is 0.286 e. The molecule has 5 heteroatoms. The first-order valence-electron chi connectivity index (χ1n) is 8.89. The van der Waals surface area contributed by atoms with Crippen LogP contribution in [0.25, 0.3) is 5.70 Å². The number of aromatic nitrogens is 1. The Morgan fingerprint density at radius 1 is 0.821 bits per heavy atom. The molecule has 0 saturated carbocycles. The third kappa shape index (κ3) is 3.29. The van der Waals surface area contributed by atoms with Crippen LogP contribution in [0.15, 0.2) is 77.2 Å². The van der Waals surface area contributed by atoms with Gasteiger partial charge in [0.05, 0.1) is 0 Å². The van der Waals surface area contributed by atoms with Crippen LogP contribution in [0.3, 0.4) is 0 Å². The molecule has 1 aliphatic carbocycles. The first-order chi connectivity index (χ1) is 13.4. The number of aryl methyl sites for hydroxylation is 2. The van der Waals surface area contributed by atoms with E-state index in [0.29, 0.717) is 16.8 Å². The molecule has 2 aromatic carbocycles. The average molecular weight is 434 g/mol. The van der Waals surface area contributed by atoms with Gasteiger partial charge in [0.25, 0.3) is 11.5 Å². The van der Waals surface area contributed by atoms with Crippen molar-refractivity contribution in [1.29, 1.82) is 0 Å². The number of nitrogens with zero attached hydrogens (tertiary/aromatic N) is 1. The van der Waals surface area contributed by atoms with Crippen LogP contribution in [0.1, 0.15) is 31.8 Å². The monoisotopic (exact) mass is 433 g/mol. The zero-order chi connectivity index (χ0) is 19.8. The molecule has 138 valence electrons. The number of nitrogens with one attached hydrogen (secondary N) is 1. The van der Waals surface area contributed by atoms with E-state index in [0.717, 1.165) is 21.3 Å². The van der Waals surface area contributed by atoms with Gasteiger partial charge in [-0.05, 0) is 44.2 Å². The molecule has 1 aromatic heterocycles. The van der Waals surface area contributed by atoms with Crippen LogP contribution in [0.2, 0.25) is 0 Å². The highest BCUT2D eigenvalue weighted by Gasteiger charge is 2.38. The molecule has 4 nitrogen and oxygen atoms in total. The molecule has 4 rings (SSSR count). The number of halogens is 1. The van der Waals surface area contributed by atoms with Crippen LogP contribution < -0.4 is 9.88 Å². The minimum absolute atomic E-state index is 0.176. The van der Waals surface area contributed by atoms with Gasteiger partial charge in [-0.3, -0.25) is 9.59 Å². The topological polar surface area (TPSA) is 50.1 Å². The summed E-state index contributed by atoms with van der Waals surface area (Å²) in [5.41, 5.74) is 4.21. The number of Topliss-reactive ketones (excluding diaryl/α,β-unsaturated/α-hetero) is 2. The van der Waals surface area contributed by atoms with Crippen molar-refractivity contribution in [2.45, 2.75) is 13.8 Å². The SMILES string of the molecule is Cc1cc(C)c[n+](C2=C(Nc3ccc(Br)cc3)C(=O)c3ccccc3C2=O)c1. The van der Waals surface area contributed by atoms with Crippen molar-refractivity contribution in [3.63, 3.8) is 0 Å². The summed E-state index contributed by atoms with van der Waals surface area (Å²) < 4.78 is 2.69. The van der Waals surface area contributed by atoms with Crippen molar-refractivity contribution >= 4 is 38.9 Å². The Kier molecular flexibility index (Phi) is 4.69. The van der Waals surface area contributed by atoms with Crippen molar-refractivity contribution in [1.82, 2.24) is 0 Å².